The van der Waals surface area contributed by atoms with Crippen LogP contribution in [0.2, 0.25) is 0 Å². The maximum absolute atomic E-state index is 12.5. The molecule has 0 spiro atoms. The first-order valence-corrected chi connectivity index (χ1v) is 6.81. The molecule has 104 valence electrons. The number of hydrogen-bond donors (Lipinski definition) is 1. The lowest BCUT2D eigenvalue weighted by Crippen LogP contribution is -2.28. The highest BCUT2D eigenvalue weighted by molar-refractivity contribution is 5.62. The minimum absolute atomic E-state index is 0.0377. The molecule has 0 amide bonds. The van der Waals surface area contributed by atoms with Crippen LogP contribution in [0.3, 0.4) is 0 Å². The van der Waals surface area contributed by atoms with E-state index in [-0.39, 0.29) is 5.56 Å². The van der Waals surface area contributed by atoms with E-state index >= 15 is 0 Å². The first-order chi connectivity index (χ1) is 9.72. The number of rotatable bonds is 4. The molecule has 5 heteroatoms. The van der Waals surface area contributed by atoms with Crippen molar-refractivity contribution in [3.8, 4) is 0 Å². The van der Waals surface area contributed by atoms with Gasteiger partial charge in [-0.3, -0.25) is 4.79 Å². The van der Waals surface area contributed by atoms with E-state index in [1.807, 2.05) is 36.2 Å². The SMILES string of the molecule is CN(c1ccccc1CN)c1nccn(C2CC2)c1=O. The van der Waals surface area contributed by atoms with Crippen molar-refractivity contribution >= 4 is 11.5 Å². The molecule has 3 rings (SSSR count). The largest absolute Gasteiger partial charge is 0.326 e. The molecule has 1 heterocycles. The van der Waals surface area contributed by atoms with Crippen molar-refractivity contribution in [3.05, 3.63) is 52.6 Å². The van der Waals surface area contributed by atoms with Crippen molar-refractivity contribution in [1.29, 1.82) is 0 Å². The lowest BCUT2D eigenvalue weighted by molar-refractivity contribution is 0.697. The predicted molar refractivity (Wildman–Crippen MR) is 79.2 cm³/mol. The summed E-state index contributed by atoms with van der Waals surface area (Å²) in [6.45, 7) is 0.435. The highest BCUT2D eigenvalue weighted by atomic mass is 16.1. The number of nitrogens with two attached hydrogens (primary N) is 1. The van der Waals surface area contributed by atoms with Gasteiger partial charge in [-0.25, -0.2) is 4.98 Å². The van der Waals surface area contributed by atoms with Gasteiger partial charge in [-0.05, 0) is 24.5 Å². The zero-order valence-electron chi connectivity index (χ0n) is 11.5. The van der Waals surface area contributed by atoms with Crippen molar-refractivity contribution in [2.45, 2.75) is 25.4 Å². The number of hydrogen-bond acceptors (Lipinski definition) is 4. The Hall–Kier alpha value is -2.14. The Bertz CT molecular complexity index is 676. The lowest BCUT2D eigenvalue weighted by Gasteiger charge is -2.21. The van der Waals surface area contributed by atoms with Crippen LogP contribution in [0.25, 0.3) is 0 Å². The van der Waals surface area contributed by atoms with E-state index < -0.39 is 0 Å². The van der Waals surface area contributed by atoms with Gasteiger partial charge in [-0.2, -0.15) is 0 Å². The van der Waals surface area contributed by atoms with E-state index in [0.717, 1.165) is 24.1 Å². The highest BCUT2D eigenvalue weighted by Gasteiger charge is 2.26. The number of benzene rings is 1. The molecule has 1 fully saturated rings. The second kappa shape index (κ2) is 5.09. The molecule has 20 heavy (non-hydrogen) atoms. The van der Waals surface area contributed by atoms with Crippen LogP contribution in [0.1, 0.15) is 24.4 Å². The van der Waals surface area contributed by atoms with Crippen LogP contribution in [0.5, 0.6) is 0 Å². The van der Waals surface area contributed by atoms with E-state index in [9.17, 15) is 4.79 Å². The third kappa shape index (κ3) is 2.20. The van der Waals surface area contributed by atoms with Gasteiger partial charge in [0, 0.05) is 37.7 Å². The summed E-state index contributed by atoms with van der Waals surface area (Å²) < 4.78 is 1.78. The molecule has 1 aliphatic carbocycles. The van der Waals surface area contributed by atoms with E-state index in [1.165, 1.54) is 0 Å². The summed E-state index contributed by atoms with van der Waals surface area (Å²) in [4.78, 5) is 18.6. The Morgan fingerprint density at radius 2 is 2.15 bits per heavy atom. The summed E-state index contributed by atoms with van der Waals surface area (Å²) in [6, 6.07) is 8.15. The second-order valence-electron chi connectivity index (χ2n) is 5.09. The van der Waals surface area contributed by atoms with Gasteiger partial charge in [0.1, 0.15) is 0 Å². The average Bonchev–Trinajstić information content (AvgIpc) is 3.31. The number of anilines is 2. The summed E-state index contributed by atoms with van der Waals surface area (Å²) in [6.07, 6.45) is 5.61. The van der Waals surface area contributed by atoms with Crippen LogP contribution in [-0.4, -0.2) is 16.6 Å². The van der Waals surface area contributed by atoms with Crippen LogP contribution in [0, 0.1) is 0 Å². The first kappa shape index (κ1) is 12.9. The van der Waals surface area contributed by atoms with Crippen LogP contribution in [0.4, 0.5) is 11.5 Å². The molecule has 1 saturated carbocycles. The predicted octanol–water partition coefficient (Wildman–Crippen LogP) is 1.80. The van der Waals surface area contributed by atoms with Gasteiger partial charge in [0.05, 0.1) is 0 Å². The Morgan fingerprint density at radius 1 is 1.40 bits per heavy atom. The molecule has 2 aromatic rings. The Labute approximate surface area is 117 Å². The summed E-state index contributed by atoms with van der Waals surface area (Å²) in [5.41, 5.74) is 7.65. The summed E-state index contributed by atoms with van der Waals surface area (Å²) in [5.74, 6) is 0.445. The summed E-state index contributed by atoms with van der Waals surface area (Å²) >= 11 is 0. The maximum atomic E-state index is 12.5. The fraction of sp³-hybridized carbons (Fsp3) is 0.333. The molecule has 0 saturated heterocycles. The third-order valence-corrected chi connectivity index (χ3v) is 3.68. The third-order valence-electron chi connectivity index (χ3n) is 3.68. The first-order valence-electron chi connectivity index (χ1n) is 6.81. The fourth-order valence-corrected chi connectivity index (χ4v) is 2.41. The van der Waals surface area contributed by atoms with Gasteiger partial charge in [-0.1, -0.05) is 18.2 Å². The molecular weight excluding hydrogens is 252 g/mol. The van der Waals surface area contributed by atoms with Gasteiger partial charge < -0.3 is 15.2 Å². The number of aromatic nitrogens is 2. The lowest BCUT2D eigenvalue weighted by atomic mass is 10.1. The number of para-hydroxylation sites is 1. The average molecular weight is 270 g/mol. The van der Waals surface area contributed by atoms with Crippen molar-refractivity contribution in [3.63, 3.8) is 0 Å². The molecule has 1 aromatic heterocycles. The van der Waals surface area contributed by atoms with Crippen molar-refractivity contribution in [1.82, 2.24) is 9.55 Å². The topological polar surface area (TPSA) is 64.2 Å². The van der Waals surface area contributed by atoms with Gasteiger partial charge >= 0.3 is 0 Å². The molecule has 5 nitrogen and oxygen atoms in total. The Balaban J connectivity index is 2.04. The van der Waals surface area contributed by atoms with Crippen molar-refractivity contribution in [2.24, 2.45) is 5.73 Å². The molecule has 2 N–H and O–H groups in total. The summed E-state index contributed by atoms with van der Waals surface area (Å²) in [5, 5.41) is 0. The maximum Gasteiger partial charge on any atom is 0.294 e. The minimum atomic E-state index is -0.0377. The molecular formula is C15H18N4O. The van der Waals surface area contributed by atoms with Gasteiger partial charge in [0.25, 0.3) is 5.56 Å². The highest BCUT2D eigenvalue weighted by Crippen LogP contribution is 2.33. The molecule has 0 bridgehead atoms. The normalized spacial score (nSPS) is 14.3. The van der Waals surface area contributed by atoms with E-state index in [2.05, 4.69) is 4.98 Å². The van der Waals surface area contributed by atoms with Gasteiger partial charge in [0.2, 0.25) is 0 Å². The Morgan fingerprint density at radius 3 is 2.85 bits per heavy atom. The summed E-state index contributed by atoms with van der Waals surface area (Å²) in [7, 11) is 1.86. The second-order valence-corrected chi connectivity index (χ2v) is 5.09. The standard InChI is InChI=1S/C15H18N4O/c1-18(13-5-3-2-4-11(13)10-16)14-15(20)19(9-8-17-14)12-6-7-12/h2-5,8-9,12H,6-7,10,16H2,1H3. The van der Waals surface area contributed by atoms with Gasteiger partial charge in [0.15, 0.2) is 5.82 Å². The van der Waals surface area contributed by atoms with Crippen molar-refractivity contribution < 1.29 is 0 Å². The van der Waals surface area contributed by atoms with Crippen LogP contribution in [-0.2, 0) is 6.54 Å². The number of nitrogens with zero attached hydrogens (tertiary/aromatic N) is 3. The molecule has 0 atom stereocenters. The molecule has 0 radical (unpaired) electrons. The zero-order chi connectivity index (χ0) is 14.1. The fourth-order valence-electron chi connectivity index (χ4n) is 2.41. The monoisotopic (exact) mass is 270 g/mol. The van der Waals surface area contributed by atoms with E-state index in [0.29, 0.717) is 18.4 Å². The molecule has 1 aliphatic rings. The zero-order valence-corrected chi connectivity index (χ0v) is 11.5. The van der Waals surface area contributed by atoms with Crippen LogP contribution >= 0.6 is 0 Å². The quantitative estimate of drug-likeness (QED) is 0.920. The van der Waals surface area contributed by atoms with Crippen molar-refractivity contribution in [2.75, 3.05) is 11.9 Å². The van der Waals surface area contributed by atoms with Crippen LogP contribution in [0.15, 0.2) is 41.5 Å². The van der Waals surface area contributed by atoms with Crippen LogP contribution < -0.4 is 16.2 Å². The minimum Gasteiger partial charge on any atom is -0.326 e. The smallest absolute Gasteiger partial charge is 0.294 e. The molecule has 1 aromatic carbocycles. The Kier molecular flexibility index (Phi) is 3.28. The molecule has 0 unspecified atom stereocenters. The van der Waals surface area contributed by atoms with E-state index in [4.69, 9.17) is 5.73 Å². The van der Waals surface area contributed by atoms with Gasteiger partial charge in [-0.15, -0.1) is 0 Å². The van der Waals surface area contributed by atoms with E-state index in [1.54, 1.807) is 17.0 Å². The molecule has 0 aliphatic heterocycles.